The zero-order valence-corrected chi connectivity index (χ0v) is 17.0. The number of carbonyl (C=O) groups is 2. The molecule has 6 heteroatoms. The Bertz CT molecular complexity index is 1030. The first kappa shape index (κ1) is 21.8. The van der Waals surface area contributed by atoms with Gasteiger partial charge in [-0.15, -0.1) is 0 Å². The van der Waals surface area contributed by atoms with Gasteiger partial charge in [0.05, 0.1) is 13.2 Å². The predicted molar refractivity (Wildman–Crippen MR) is 116 cm³/mol. The third kappa shape index (κ3) is 6.54. The average Bonchev–Trinajstić information content (AvgIpc) is 2.81. The van der Waals surface area contributed by atoms with Gasteiger partial charge in [-0.3, -0.25) is 4.79 Å². The molecule has 1 amide bonds. The summed E-state index contributed by atoms with van der Waals surface area (Å²) in [5, 5.41) is 2.90. The van der Waals surface area contributed by atoms with Crippen molar-refractivity contribution in [1.82, 2.24) is 5.32 Å². The summed E-state index contributed by atoms with van der Waals surface area (Å²) < 4.78 is 23.1. The van der Waals surface area contributed by atoms with Crippen molar-refractivity contribution in [2.45, 2.75) is 6.04 Å². The summed E-state index contributed by atoms with van der Waals surface area (Å²) in [6.45, 7) is -0.425. The van der Waals surface area contributed by atoms with Crippen molar-refractivity contribution < 1.29 is 23.5 Å². The van der Waals surface area contributed by atoms with Crippen LogP contribution in [0.25, 0.3) is 6.08 Å². The summed E-state index contributed by atoms with van der Waals surface area (Å²) in [7, 11) is 1.59. The van der Waals surface area contributed by atoms with Gasteiger partial charge < -0.3 is 14.8 Å². The van der Waals surface area contributed by atoms with Crippen molar-refractivity contribution in [2.24, 2.45) is 0 Å². The molecule has 0 radical (unpaired) electrons. The van der Waals surface area contributed by atoms with E-state index < -0.39 is 24.5 Å². The molecule has 31 heavy (non-hydrogen) atoms. The Labute approximate surface area is 180 Å². The van der Waals surface area contributed by atoms with E-state index in [0.717, 1.165) is 11.1 Å². The van der Waals surface area contributed by atoms with Gasteiger partial charge in [0.1, 0.15) is 11.6 Å². The number of hydrogen-bond acceptors (Lipinski definition) is 4. The van der Waals surface area contributed by atoms with Crippen molar-refractivity contribution in [3.05, 3.63) is 107 Å². The standard InChI is InChI=1S/C25H22FNO4/c1-30-22-14-10-20(11-15-22)25(19-5-3-2-4-6-19)27-23(28)17-31-24(29)16-9-18-7-12-21(26)13-8-18/h2-16,25H,17H2,1H3,(H,27,28)/b16-9+/t25-/m1/s1. The normalized spacial score (nSPS) is 11.7. The number of halogens is 1. The molecule has 0 aliphatic rings. The third-order valence-electron chi connectivity index (χ3n) is 4.51. The zero-order chi connectivity index (χ0) is 22.1. The molecule has 0 saturated heterocycles. The van der Waals surface area contributed by atoms with E-state index in [0.29, 0.717) is 11.3 Å². The van der Waals surface area contributed by atoms with Crippen LogP contribution in [0, 0.1) is 5.82 Å². The number of carbonyl (C=O) groups excluding carboxylic acids is 2. The van der Waals surface area contributed by atoms with Crippen LogP contribution in [0.2, 0.25) is 0 Å². The molecule has 0 unspecified atom stereocenters. The van der Waals surface area contributed by atoms with Crippen LogP contribution in [0.1, 0.15) is 22.7 Å². The largest absolute Gasteiger partial charge is 0.497 e. The van der Waals surface area contributed by atoms with Crippen LogP contribution in [0.4, 0.5) is 4.39 Å². The molecule has 1 N–H and O–H groups in total. The molecular weight excluding hydrogens is 397 g/mol. The quantitative estimate of drug-likeness (QED) is 0.437. The van der Waals surface area contributed by atoms with Gasteiger partial charge in [0, 0.05) is 6.08 Å². The zero-order valence-electron chi connectivity index (χ0n) is 17.0. The summed E-state index contributed by atoms with van der Waals surface area (Å²) in [5.74, 6) is -0.752. The maximum Gasteiger partial charge on any atom is 0.331 e. The van der Waals surface area contributed by atoms with E-state index in [9.17, 15) is 14.0 Å². The molecule has 0 spiro atoms. The van der Waals surface area contributed by atoms with E-state index in [1.54, 1.807) is 7.11 Å². The summed E-state index contributed by atoms with van der Waals surface area (Å²) in [5.41, 5.74) is 2.40. The Morgan fingerprint density at radius 3 is 2.23 bits per heavy atom. The number of rotatable bonds is 8. The van der Waals surface area contributed by atoms with Crippen LogP contribution >= 0.6 is 0 Å². The first-order valence-corrected chi connectivity index (χ1v) is 9.64. The fraction of sp³-hybridized carbons (Fsp3) is 0.120. The van der Waals surface area contributed by atoms with E-state index in [2.05, 4.69) is 5.32 Å². The van der Waals surface area contributed by atoms with Gasteiger partial charge in [-0.05, 0) is 47.0 Å². The van der Waals surface area contributed by atoms with Gasteiger partial charge in [0.15, 0.2) is 6.61 Å². The Morgan fingerprint density at radius 2 is 1.58 bits per heavy atom. The minimum atomic E-state index is -0.666. The number of hydrogen-bond donors (Lipinski definition) is 1. The topological polar surface area (TPSA) is 64.6 Å². The maximum absolute atomic E-state index is 12.9. The lowest BCUT2D eigenvalue weighted by molar-refractivity contribution is -0.143. The Morgan fingerprint density at radius 1 is 0.935 bits per heavy atom. The number of ether oxygens (including phenoxy) is 2. The lowest BCUT2D eigenvalue weighted by atomic mass is 9.98. The molecule has 0 fully saturated rings. The summed E-state index contributed by atoms with van der Waals surface area (Å²) >= 11 is 0. The minimum Gasteiger partial charge on any atom is -0.497 e. The van der Waals surface area contributed by atoms with Crippen LogP contribution in [-0.2, 0) is 14.3 Å². The smallest absolute Gasteiger partial charge is 0.331 e. The first-order valence-electron chi connectivity index (χ1n) is 9.64. The highest BCUT2D eigenvalue weighted by molar-refractivity contribution is 5.89. The molecule has 0 bridgehead atoms. The Kier molecular flexibility index (Phi) is 7.54. The molecule has 5 nitrogen and oxygen atoms in total. The molecule has 0 aromatic heterocycles. The lowest BCUT2D eigenvalue weighted by Gasteiger charge is -2.20. The second-order valence-corrected chi connectivity index (χ2v) is 6.68. The highest BCUT2D eigenvalue weighted by atomic mass is 19.1. The fourth-order valence-electron chi connectivity index (χ4n) is 2.93. The van der Waals surface area contributed by atoms with Gasteiger partial charge in [-0.2, -0.15) is 0 Å². The average molecular weight is 419 g/mol. The number of amides is 1. The lowest BCUT2D eigenvalue weighted by Crippen LogP contribution is -2.32. The Balaban J connectivity index is 1.62. The van der Waals surface area contributed by atoms with E-state index in [1.807, 2.05) is 54.6 Å². The van der Waals surface area contributed by atoms with E-state index in [-0.39, 0.29) is 5.82 Å². The van der Waals surface area contributed by atoms with Gasteiger partial charge in [0.2, 0.25) is 0 Å². The van der Waals surface area contributed by atoms with E-state index in [4.69, 9.17) is 9.47 Å². The van der Waals surface area contributed by atoms with Gasteiger partial charge in [0.25, 0.3) is 5.91 Å². The SMILES string of the molecule is COc1ccc([C@H](NC(=O)COC(=O)/C=C/c2ccc(F)cc2)c2ccccc2)cc1. The van der Waals surface area contributed by atoms with Crippen LogP contribution in [-0.4, -0.2) is 25.6 Å². The summed E-state index contributed by atoms with van der Waals surface area (Å²) in [6, 6.07) is 22.1. The van der Waals surface area contributed by atoms with Crippen molar-refractivity contribution in [3.63, 3.8) is 0 Å². The number of nitrogens with one attached hydrogen (secondary N) is 1. The maximum atomic E-state index is 12.9. The van der Waals surface area contributed by atoms with Gasteiger partial charge >= 0.3 is 5.97 Å². The summed E-state index contributed by atoms with van der Waals surface area (Å²) in [6.07, 6.45) is 2.68. The van der Waals surface area contributed by atoms with E-state index >= 15 is 0 Å². The molecule has 0 heterocycles. The van der Waals surface area contributed by atoms with Crippen LogP contribution in [0.3, 0.4) is 0 Å². The van der Waals surface area contributed by atoms with Gasteiger partial charge in [-0.25, -0.2) is 9.18 Å². The number of methoxy groups -OCH3 is 1. The summed E-state index contributed by atoms with van der Waals surface area (Å²) in [4.78, 5) is 24.4. The molecule has 0 aliphatic heterocycles. The number of esters is 1. The predicted octanol–water partition coefficient (Wildman–Crippen LogP) is 4.30. The van der Waals surface area contributed by atoms with Crippen molar-refractivity contribution in [1.29, 1.82) is 0 Å². The highest BCUT2D eigenvalue weighted by Gasteiger charge is 2.17. The molecule has 0 saturated carbocycles. The van der Waals surface area contributed by atoms with Gasteiger partial charge in [-0.1, -0.05) is 54.6 Å². The molecule has 158 valence electrons. The molecule has 3 aromatic rings. The van der Waals surface area contributed by atoms with Crippen LogP contribution < -0.4 is 10.1 Å². The monoisotopic (exact) mass is 419 g/mol. The second kappa shape index (κ2) is 10.7. The Hall–Kier alpha value is -3.93. The molecule has 3 aromatic carbocycles. The number of benzene rings is 3. The van der Waals surface area contributed by atoms with Crippen LogP contribution in [0.15, 0.2) is 84.9 Å². The van der Waals surface area contributed by atoms with E-state index in [1.165, 1.54) is 36.4 Å². The minimum absolute atomic E-state index is 0.360. The third-order valence-corrected chi connectivity index (χ3v) is 4.51. The molecule has 0 aliphatic carbocycles. The van der Waals surface area contributed by atoms with Crippen LogP contribution in [0.5, 0.6) is 5.75 Å². The molecular formula is C25H22FNO4. The molecule has 3 rings (SSSR count). The molecule has 1 atom stereocenters. The van der Waals surface area contributed by atoms with Crippen molar-refractivity contribution >= 4 is 18.0 Å². The second-order valence-electron chi connectivity index (χ2n) is 6.68. The highest BCUT2D eigenvalue weighted by Crippen LogP contribution is 2.24. The fourth-order valence-corrected chi connectivity index (χ4v) is 2.93. The first-order chi connectivity index (χ1) is 15.0. The van der Waals surface area contributed by atoms with Crippen molar-refractivity contribution in [2.75, 3.05) is 13.7 Å². The van der Waals surface area contributed by atoms with Crippen molar-refractivity contribution in [3.8, 4) is 5.75 Å².